The van der Waals surface area contributed by atoms with Crippen molar-refractivity contribution in [3.05, 3.63) is 21.8 Å². The summed E-state index contributed by atoms with van der Waals surface area (Å²) in [6.45, 7) is 6.01. The first-order valence-electron chi connectivity index (χ1n) is 6.26. The molecule has 1 N–H and O–H groups in total. The van der Waals surface area contributed by atoms with Gasteiger partial charge in [0.1, 0.15) is 4.83 Å². The number of hydrogen-bond donors (Lipinski definition) is 1. The Bertz CT molecular complexity index is 690. The van der Waals surface area contributed by atoms with Crippen LogP contribution in [0.4, 0.5) is 0 Å². The van der Waals surface area contributed by atoms with Crippen LogP contribution in [-0.4, -0.2) is 26.4 Å². The number of thiophene rings is 1. The Balaban J connectivity index is 2.59. The van der Waals surface area contributed by atoms with Gasteiger partial charge in [-0.25, -0.2) is 4.98 Å². The number of fused-ring (bicyclic) bond motifs is 1. The molecular weight excluding hydrogens is 296 g/mol. The number of carboxylic acid groups (broad SMARTS) is 1. The fraction of sp³-hybridized carbons (Fsp3) is 0.462. The van der Waals surface area contributed by atoms with Crippen molar-refractivity contribution in [2.75, 3.05) is 5.75 Å². The lowest BCUT2D eigenvalue weighted by Crippen LogP contribution is -2.28. The Morgan fingerprint density at radius 2 is 2.20 bits per heavy atom. The molecule has 2 rings (SSSR count). The van der Waals surface area contributed by atoms with E-state index in [0.717, 1.165) is 11.8 Å². The van der Waals surface area contributed by atoms with Gasteiger partial charge in [-0.05, 0) is 24.3 Å². The second kappa shape index (κ2) is 5.97. The van der Waals surface area contributed by atoms with Crippen LogP contribution in [0.15, 0.2) is 21.4 Å². The maximum atomic E-state index is 12.6. The van der Waals surface area contributed by atoms with Crippen LogP contribution >= 0.6 is 23.1 Å². The van der Waals surface area contributed by atoms with Crippen LogP contribution in [0.25, 0.3) is 10.2 Å². The van der Waals surface area contributed by atoms with Gasteiger partial charge >= 0.3 is 5.97 Å². The lowest BCUT2D eigenvalue weighted by molar-refractivity contribution is -0.133. The third-order valence-electron chi connectivity index (χ3n) is 3.19. The van der Waals surface area contributed by atoms with E-state index >= 15 is 0 Å². The van der Waals surface area contributed by atoms with Gasteiger partial charge in [0.25, 0.3) is 5.56 Å². The molecule has 108 valence electrons. The molecule has 1 unspecified atom stereocenters. The maximum Gasteiger partial charge on any atom is 0.313 e. The Labute approximate surface area is 124 Å². The van der Waals surface area contributed by atoms with E-state index in [1.54, 1.807) is 10.6 Å². The number of rotatable bonds is 5. The van der Waals surface area contributed by atoms with Gasteiger partial charge in [-0.15, -0.1) is 11.3 Å². The summed E-state index contributed by atoms with van der Waals surface area (Å²) in [5, 5.41) is 11.7. The fourth-order valence-electron chi connectivity index (χ4n) is 1.79. The predicted octanol–water partition coefficient (Wildman–Crippen LogP) is 2.85. The zero-order valence-corrected chi connectivity index (χ0v) is 13.1. The molecule has 0 aliphatic carbocycles. The van der Waals surface area contributed by atoms with E-state index in [1.165, 1.54) is 11.3 Å². The van der Waals surface area contributed by atoms with Gasteiger partial charge in [0, 0.05) is 6.04 Å². The van der Waals surface area contributed by atoms with Gasteiger partial charge < -0.3 is 5.11 Å². The summed E-state index contributed by atoms with van der Waals surface area (Å²) in [6, 6.07) is 1.74. The van der Waals surface area contributed by atoms with E-state index in [9.17, 15) is 9.59 Å². The van der Waals surface area contributed by atoms with Gasteiger partial charge in [-0.3, -0.25) is 14.2 Å². The number of carbonyl (C=O) groups is 1. The molecular formula is C13H16N2O3S2. The minimum Gasteiger partial charge on any atom is -0.481 e. The quantitative estimate of drug-likeness (QED) is 0.679. The number of hydrogen-bond acceptors (Lipinski definition) is 5. The monoisotopic (exact) mass is 312 g/mol. The van der Waals surface area contributed by atoms with Crippen molar-refractivity contribution in [2.24, 2.45) is 5.92 Å². The first-order valence-corrected chi connectivity index (χ1v) is 8.12. The molecule has 1 atom stereocenters. The first kappa shape index (κ1) is 15.1. The minimum absolute atomic E-state index is 0.0319. The van der Waals surface area contributed by atoms with Gasteiger partial charge in [0.2, 0.25) is 0 Å². The summed E-state index contributed by atoms with van der Waals surface area (Å²) in [5.41, 5.74) is -0.0923. The van der Waals surface area contributed by atoms with Crippen LogP contribution in [-0.2, 0) is 4.79 Å². The highest BCUT2D eigenvalue weighted by molar-refractivity contribution is 7.99. The number of aromatic nitrogens is 2. The van der Waals surface area contributed by atoms with Crippen molar-refractivity contribution >= 4 is 39.3 Å². The minimum atomic E-state index is -0.917. The SMILES string of the molecule is CC(C)C(C)n1c(SCC(=O)O)nc2sccc2c1=O. The molecule has 7 heteroatoms. The van der Waals surface area contributed by atoms with E-state index < -0.39 is 5.97 Å². The second-order valence-electron chi connectivity index (χ2n) is 4.88. The molecule has 0 saturated carbocycles. The second-order valence-corrected chi connectivity index (χ2v) is 6.71. The van der Waals surface area contributed by atoms with Gasteiger partial charge in [0.05, 0.1) is 11.1 Å². The smallest absolute Gasteiger partial charge is 0.313 e. The van der Waals surface area contributed by atoms with Crippen molar-refractivity contribution < 1.29 is 9.90 Å². The van der Waals surface area contributed by atoms with Crippen LogP contribution in [0.1, 0.15) is 26.8 Å². The summed E-state index contributed by atoms with van der Waals surface area (Å²) in [4.78, 5) is 28.4. The third-order valence-corrected chi connectivity index (χ3v) is 4.94. The number of nitrogens with zero attached hydrogens (tertiary/aromatic N) is 2. The standard InChI is InChI=1S/C13H16N2O3S2/c1-7(2)8(3)15-12(18)9-4-5-19-11(9)14-13(15)20-6-10(16)17/h4-5,7-8H,6H2,1-3H3,(H,16,17). The molecule has 2 aromatic rings. The molecule has 0 saturated heterocycles. The van der Waals surface area contributed by atoms with Crippen molar-refractivity contribution in [3.8, 4) is 0 Å². The van der Waals surface area contributed by atoms with E-state index in [0.29, 0.717) is 15.4 Å². The Morgan fingerprint density at radius 1 is 1.50 bits per heavy atom. The molecule has 0 fully saturated rings. The average molecular weight is 312 g/mol. The van der Waals surface area contributed by atoms with E-state index in [-0.39, 0.29) is 23.3 Å². The lowest BCUT2D eigenvalue weighted by Gasteiger charge is -2.21. The van der Waals surface area contributed by atoms with Crippen LogP contribution in [0.2, 0.25) is 0 Å². The van der Waals surface area contributed by atoms with Crippen molar-refractivity contribution in [3.63, 3.8) is 0 Å². The van der Waals surface area contributed by atoms with Crippen LogP contribution in [0.3, 0.4) is 0 Å². The number of aliphatic carboxylic acids is 1. The highest BCUT2D eigenvalue weighted by Crippen LogP contribution is 2.26. The molecule has 0 bridgehead atoms. The third kappa shape index (κ3) is 2.88. The molecule has 0 aromatic carbocycles. The van der Waals surface area contributed by atoms with Crippen molar-refractivity contribution in [1.82, 2.24) is 9.55 Å². The molecule has 2 aromatic heterocycles. The maximum absolute atomic E-state index is 12.6. The van der Waals surface area contributed by atoms with Gasteiger partial charge in [-0.2, -0.15) is 0 Å². The molecule has 0 aliphatic heterocycles. The summed E-state index contributed by atoms with van der Waals surface area (Å²) in [5.74, 6) is -0.761. The molecule has 0 spiro atoms. The zero-order valence-electron chi connectivity index (χ0n) is 11.5. The van der Waals surface area contributed by atoms with Gasteiger partial charge in [-0.1, -0.05) is 25.6 Å². The predicted molar refractivity (Wildman–Crippen MR) is 81.8 cm³/mol. The normalized spacial score (nSPS) is 13.0. The van der Waals surface area contributed by atoms with E-state index in [2.05, 4.69) is 4.98 Å². The molecule has 0 aliphatic rings. The highest BCUT2D eigenvalue weighted by atomic mass is 32.2. The molecule has 0 amide bonds. The first-order chi connectivity index (χ1) is 9.41. The van der Waals surface area contributed by atoms with Crippen molar-refractivity contribution in [2.45, 2.75) is 32.0 Å². The van der Waals surface area contributed by atoms with Crippen molar-refractivity contribution in [1.29, 1.82) is 0 Å². The van der Waals surface area contributed by atoms with Crippen LogP contribution in [0, 0.1) is 5.92 Å². The summed E-state index contributed by atoms with van der Waals surface area (Å²) >= 11 is 2.49. The molecule has 2 heterocycles. The largest absolute Gasteiger partial charge is 0.481 e. The Hall–Kier alpha value is -1.34. The fourth-order valence-corrected chi connectivity index (χ4v) is 3.40. The Morgan fingerprint density at radius 3 is 2.80 bits per heavy atom. The van der Waals surface area contributed by atoms with E-state index in [4.69, 9.17) is 5.11 Å². The topological polar surface area (TPSA) is 72.2 Å². The van der Waals surface area contributed by atoms with Crippen LogP contribution in [0.5, 0.6) is 0 Å². The molecule has 20 heavy (non-hydrogen) atoms. The average Bonchev–Trinajstić information content (AvgIpc) is 2.84. The summed E-state index contributed by atoms with van der Waals surface area (Å²) in [7, 11) is 0. The number of carboxylic acids is 1. The zero-order chi connectivity index (χ0) is 14.9. The highest BCUT2D eigenvalue weighted by Gasteiger charge is 2.19. The summed E-state index contributed by atoms with van der Waals surface area (Å²) in [6.07, 6.45) is 0. The molecule has 5 nitrogen and oxygen atoms in total. The van der Waals surface area contributed by atoms with Gasteiger partial charge in [0.15, 0.2) is 5.16 Å². The number of thioether (sulfide) groups is 1. The lowest BCUT2D eigenvalue weighted by atomic mass is 10.1. The van der Waals surface area contributed by atoms with Crippen LogP contribution < -0.4 is 5.56 Å². The summed E-state index contributed by atoms with van der Waals surface area (Å²) < 4.78 is 1.62. The van der Waals surface area contributed by atoms with E-state index in [1.807, 2.05) is 26.2 Å². The Kier molecular flexibility index (Phi) is 4.49. The molecule has 0 radical (unpaired) electrons.